The van der Waals surface area contributed by atoms with E-state index >= 15 is 0 Å². The SMILES string of the molecule is NC(O)CCOc1[c]cccc1. The molecule has 0 aliphatic heterocycles. The molecule has 12 heavy (non-hydrogen) atoms. The Bertz CT molecular complexity index is 211. The Balaban J connectivity index is 2.25. The second-order valence-corrected chi connectivity index (χ2v) is 2.43. The molecule has 0 saturated heterocycles. The first-order valence-corrected chi connectivity index (χ1v) is 3.82. The minimum absolute atomic E-state index is 0.415. The number of nitrogens with two attached hydrogens (primary N) is 1. The Morgan fingerprint density at radius 3 is 3.00 bits per heavy atom. The van der Waals surface area contributed by atoms with Gasteiger partial charge in [-0.05, 0) is 6.07 Å². The molecule has 65 valence electrons. The average molecular weight is 166 g/mol. The van der Waals surface area contributed by atoms with Gasteiger partial charge >= 0.3 is 0 Å². The highest BCUT2D eigenvalue weighted by atomic mass is 16.5. The van der Waals surface area contributed by atoms with Gasteiger partial charge in [0.15, 0.2) is 0 Å². The van der Waals surface area contributed by atoms with Crippen molar-refractivity contribution < 1.29 is 9.84 Å². The zero-order chi connectivity index (χ0) is 8.81. The number of hydrogen-bond donors (Lipinski definition) is 2. The summed E-state index contributed by atoms with van der Waals surface area (Å²) < 4.78 is 5.22. The molecule has 0 spiro atoms. The number of hydrogen-bond acceptors (Lipinski definition) is 3. The molecular formula is C9H12NO2. The van der Waals surface area contributed by atoms with E-state index in [1.807, 2.05) is 18.2 Å². The molecule has 3 heteroatoms. The van der Waals surface area contributed by atoms with E-state index in [1.165, 1.54) is 0 Å². The van der Waals surface area contributed by atoms with Crippen molar-refractivity contribution in [2.24, 2.45) is 5.73 Å². The molecule has 0 aliphatic carbocycles. The smallest absolute Gasteiger partial charge is 0.127 e. The lowest BCUT2D eigenvalue weighted by Crippen LogP contribution is -2.21. The fraction of sp³-hybridized carbons (Fsp3) is 0.333. The lowest BCUT2D eigenvalue weighted by atomic mass is 10.3. The molecule has 1 radical (unpaired) electrons. The third-order valence-corrected chi connectivity index (χ3v) is 1.35. The third-order valence-electron chi connectivity index (χ3n) is 1.35. The van der Waals surface area contributed by atoms with Gasteiger partial charge in [0.1, 0.15) is 12.0 Å². The van der Waals surface area contributed by atoms with Gasteiger partial charge in [0.2, 0.25) is 0 Å². The highest BCUT2D eigenvalue weighted by molar-refractivity contribution is 5.19. The van der Waals surface area contributed by atoms with Gasteiger partial charge in [-0.3, -0.25) is 0 Å². The van der Waals surface area contributed by atoms with Crippen LogP contribution in [0.15, 0.2) is 24.3 Å². The van der Waals surface area contributed by atoms with Gasteiger partial charge in [-0.25, -0.2) is 0 Å². The van der Waals surface area contributed by atoms with Crippen LogP contribution >= 0.6 is 0 Å². The fourth-order valence-corrected chi connectivity index (χ4v) is 0.756. The van der Waals surface area contributed by atoms with Gasteiger partial charge < -0.3 is 15.6 Å². The second kappa shape index (κ2) is 4.74. The largest absolute Gasteiger partial charge is 0.493 e. The lowest BCUT2D eigenvalue weighted by Gasteiger charge is -2.06. The van der Waals surface area contributed by atoms with Crippen molar-refractivity contribution in [3.05, 3.63) is 30.3 Å². The molecule has 1 unspecified atom stereocenters. The zero-order valence-corrected chi connectivity index (χ0v) is 6.73. The zero-order valence-electron chi connectivity index (χ0n) is 6.73. The highest BCUT2D eigenvalue weighted by Gasteiger charge is 1.96. The first-order valence-electron chi connectivity index (χ1n) is 3.82. The molecule has 0 fully saturated rings. The molecule has 3 N–H and O–H groups in total. The van der Waals surface area contributed by atoms with Gasteiger partial charge in [-0.2, -0.15) is 0 Å². The molecule has 0 heterocycles. The van der Waals surface area contributed by atoms with Crippen molar-refractivity contribution in [3.8, 4) is 5.75 Å². The summed E-state index contributed by atoms with van der Waals surface area (Å²) in [5, 5.41) is 8.72. The van der Waals surface area contributed by atoms with Crippen molar-refractivity contribution in [2.45, 2.75) is 12.6 Å². The van der Waals surface area contributed by atoms with Gasteiger partial charge in [0.25, 0.3) is 0 Å². The summed E-state index contributed by atoms with van der Waals surface area (Å²) in [7, 11) is 0. The number of aliphatic hydroxyl groups is 1. The van der Waals surface area contributed by atoms with Crippen LogP contribution in [-0.2, 0) is 0 Å². The number of ether oxygens (including phenoxy) is 1. The van der Waals surface area contributed by atoms with E-state index in [2.05, 4.69) is 6.07 Å². The summed E-state index contributed by atoms with van der Waals surface area (Å²) in [4.78, 5) is 0. The minimum Gasteiger partial charge on any atom is -0.493 e. The Labute approximate surface area is 71.8 Å². The summed E-state index contributed by atoms with van der Waals surface area (Å²) in [5.41, 5.74) is 5.12. The molecule has 0 aromatic heterocycles. The summed E-state index contributed by atoms with van der Waals surface area (Å²) in [6.45, 7) is 0.415. The maximum atomic E-state index is 8.72. The minimum atomic E-state index is -0.797. The second-order valence-electron chi connectivity index (χ2n) is 2.43. The third kappa shape index (κ3) is 3.37. The van der Waals surface area contributed by atoms with Crippen LogP contribution in [0.5, 0.6) is 5.75 Å². The molecular weight excluding hydrogens is 154 g/mol. The van der Waals surface area contributed by atoms with Crippen LogP contribution in [0.25, 0.3) is 0 Å². The number of aliphatic hydroxyl groups excluding tert-OH is 1. The molecule has 0 aliphatic rings. The predicted octanol–water partition coefficient (Wildman–Crippen LogP) is 0.533. The van der Waals surface area contributed by atoms with Crippen LogP contribution < -0.4 is 10.5 Å². The molecule has 1 aromatic rings. The van der Waals surface area contributed by atoms with Crippen LogP contribution in [0.1, 0.15) is 6.42 Å². The quantitative estimate of drug-likeness (QED) is 0.641. The Morgan fingerprint density at radius 2 is 2.42 bits per heavy atom. The first kappa shape index (κ1) is 9.03. The van der Waals surface area contributed by atoms with Crippen molar-refractivity contribution in [2.75, 3.05) is 6.61 Å². The van der Waals surface area contributed by atoms with Crippen LogP contribution in [0.2, 0.25) is 0 Å². The van der Waals surface area contributed by atoms with E-state index in [4.69, 9.17) is 15.6 Å². The average Bonchev–Trinajstić information content (AvgIpc) is 2.05. The number of benzene rings is 1. The van der Waals surface area contributed by atoms with Crippen LogP contribution in [0.4, 0.5) is 0 Å². The van der Waals surface area contributed by atoms with Gasteiger partial charge in [0.05, 0.1) is 6.61 Å². The molecule has 0 saturated carbocycles. The molecule has 1 rings (SSSR count). The van der Waals surface area contributed by atoms with E-state index in [9.17, 15) is 0 Å². The van der Waals surface area contributed by atoms with Crippen molar-refractivity contribution in [1.29, 1.82) is 0 Å². The molecule has 1 aromatic carbocycles. The summed E-state index contributed by atoms with van der Waals surface area (Å²) >= 11 is 0. The van der Waals surface area contributed by atoms with Crippen LogP contribution in [0.3, 0.4) is 0 Å². The summed E-state index contributed by atoms with van der Waals surface area (Å²) in [5.74, 6) is 0.679. The summed E-state index contributed by atoms with van der Waals surface area (Å²) in [6, 6.07) is 10.2. The van der Waals surface area contributed by atoms with E-state index < -0.39 is 6.23 Å². The molecule has 0 amide bonds. The van der Waals surface area contributed by atoms with Gasteiger partial charge in [-0.1, -0.05) is 18.2 Å². The molecule has 3 nitrogen and oxygen atoms in total. The lowest BCUT2D eigenvalue weighted by molar-refractivity contribution is 0.145. The topological polar surface area (TPSA) is 55.5 Å². The van der Waals surface area contributed by atoms with Crippen LogP contribution in [-0.4, -0.2) is 17.9 Å². The van der Waals surface area contributed by atoms with Gasteiger partial charge in [0, 0.05) is 12.5 Å². The fourth-order valence-electron chi connectivity index (χ4n) is 0.756. The maximum absolute atomic E-state index is 8.72. The van der Waals surface area contributed by atoms with E-state index in [0.29, 0.717) is 18.8 Å². The van der Waals surface area contributed by atoms with Crippen molar-refractivity contribution in [3.63, 3.8) is 0 Å². The Hall–Kier alpha value is -1.06. The van der Waals surface area contributed by atoms with E-state index in [0.717, 1.165) is 0 Å². The van der Waals surface area contributed by atoms with E-state index in [-0.39, 0.29) is 0 Å². The molecule has 1 atom stereocenters. The highest BCUT2D eigenvalue weighted by Crippen LogP contribution is 2.07. The standard InChI is InChI=1S/C9H12NO2/c10-9(11)6-7-12-8-4-2-1-3-5-8/h1-4,9,11H,6-7,10H2. The summed E-state index contributed by atoms with van der Waals surface area (Å²) in [6.07, 6.45) is -0.364. The predicted molar refractivity (Wildman–Crippen MR) is 45.6 cm³/mol. The molecule has 0 bridgehead atoms. The normalized spacial score (nSPS) is 12.5. The maximum Gasteiger partial charge on any atom is 0.127 e. The van der Waals surface area contributed by atoms with Crippen LogP contribution in [0, 0.1) is 6.07 Å². The Kier molecular flexibility index (Phi) is 3.57. The number of rotatable bonds is 4. The van der Waals surface area contributed by atoms with E-state index in [1.54, 1.807) is 6.07 Å². The van der Waals surface area contributed by atoms with Crippen molar-refractivity contribution >= 4 is 0 Å². The van der Waals surface area contributed by atoms with Crippen molar-refractivity contribution in [1.82, 2.24) is 0 Å². The monoisotopic (exact) mass is 166 g/mol. The Morgan fingerprint density at radius 1 is 1.58 bits per heavy atom. The first-order chi connectivity index (χ1) is 5.79. The number of para-hydroxylation sites is 1. The van der Waals surface area contributed by atoms with Gasteiger partial charge in [-0.15, -0.1) is 0 Å².